The van der Waals surface area contributed by atoms with E-state index >= 15 is 0 Å². The van der Waals surface area contributed by atoms with E-state index in [9.17, 15) is 4.79 Å². The van der Waals surface area contributed by atoms with Crippen molar-refractivity contribution in [3.63, 3.8) is 0 Å². The van der Waals surface area contributed by atoms with Gasteiger partial charge in [-0.15, -0.1) is 12.4 Å². The molecule has 16 heavy (non-hydrogen) atoms. The summed E-state index contributed by atoms with van der Waals surface area (Å²) >= 11 is 0. The third-order valence-electron chi connectivity index (χ3n) is 2.02. The highest BCUT2D eigenvalue weighted by molar-refractivity contribution is 6.04. The van der Waals surface area contributed by atoms with Gasteiger partial charge in [0.2, 0.25) is 0 Å². The molecule has 0 radical (unpaired) electrons. The minimum atomic E-state index is -0.186. The molecular weight excluding hydrogens is 228 g/mol. The van der Waals surface area contributed by atoms with Gasteiger partial charge in [0.05, 0.1) is 23.7 Å². The lowest BCUT2D eigenvalue weighted by Gasteiger charge is -2.02. The van der Waals surface area contributed by atoms with Crippen molar-refractivity contribution in [1.82, 2.24) is 4.98 Å². The molecule has 0 atom stereocenters. The Bertz CT molecular complexity index is 468. The summed E-state index contributed by atoms with van der Waals surface area (Å²) in [6, 6.07) is 5.18. The molecule has 2 aromatic rings. The van der Waals surface area contributed by atoms with Crippen LogP contribution in [0.4, 0.5) is 5.69 Å². The predicted octanol–water partition coefficient (Wildman–Crippen LogP) is 2.66. The largest absolute Gasteiger partial charge is 0.469 e. The van der Waals surface area contributed by atoms with Gasteiger partial charge < -0.3 is 9.73 Å². The molecule has 0 aliphatic rings. The van der Waals surface area contributed by atoms with Gasteiger partial charge in [0.25, 0.3) is 5.91 Å². The number of aryl methyl sites for hydroxylation is 1. The van der Waals surface area contributed by atoms with Gasteiger partial charge in [0, 0.05) is 6.20 Å². The lowest BCUT2D eigenvalue weighted by atomic mass is 10.2. The Hall–Kier alpha value is -1.81. The van der Waals surface area contributed by atoms with E-state index < -0.39 is 0 Å². The minimum absolute atomic E-state index is 0. The van der Waals surface area contributed by atoms with Crippen LogP contribution in [0.1, 0.15) is 16.1 Å². The van der Waals surface area contributed by atoms with Gasteiger partial charge in [-0.2, -0.15) is 0 Å². The van der Waals surface area contributed by atoms with Crippen molar-refractivity contribution in [1.29, 1.82) is 0 Å². The second-order valence-electron chi connectivity index (χ2n) is 3.09. The molecule has 0 unspecified atom stereocenters. The van der Waals surface area contributed by atoms with Crippen LogP contribution in [0.25, 0.3) is 0 Å². The number of carbonyl (C=O) groups is 1. The number of pyridine rings is 1. The Labute approximate surface area is 99.1 Å². The van der Waals surface area contributed by atoms with Gasteiger partial charge in [-0.3, -0.25) is 9.78 Å². The summed E-state index contributed by atoms with van der Waals surface area (Å²) < 4.78 is 5.05. The van der Waals surface area contributed by atoms with E-state index in [4.69, 9.17) is 4.42 Å². The van der Waals surface area contributed by atoms with Gasteiger partial charge in [-0.25, -0.2) is 0 Å². The van der Waals surface area contributed by atoms with Crippen molar-refractivity contribution in [2.75, 3.05) is 5.32 Å². The Morgan fingerprint density at radius 2 is 2.25 bits per heavy atom. The van der Waals surface area contributed by atoms with Crippen LogP contribution in [0.5, 0.6) is 0 Å². The highest BCUT2D eigenvalue weighted by atomic mass is 35.5. The molecule has 1 N–H and O–H groups in total. The van der Waals surface area contributed by atoms with Gasteiger partial charge in [0.1, 0.15) is 5.76 Å². The first-order chi connectivity index (χ1) is 7.27. The smallest absolute Gasteiger partial charge is 0.259 e. The van der Waals surface area contributed by atoms with Crippen molar-refractivity contribution in [2.24, 2.45) is 0 Å². The second kappa shape index (κ2) is 5.32. The Balaban J connectivity index is 0.00000128. The van der Waals surface area contributed by atoms with Gasteiger partial charge in [0.15, 0.2) is 0 Å². The number of halogens is 1. The lowest BCUT2D eigenvalue weighted by molar-refractivity contribution is 0.102. The number of hydrogen-bond acceptors (Lipinski definition) is 3. The number of aromatic nitrogens is 1. The molecule has 2 rings (SSSR count). The van der Waals surface area contributed by atoms with Gasteiger partial charge >= 0.3 is 0 Å². The van der Waals surface area contributed by atoms with E-state index in [1.165, 1.54) is 6.26 Å². The minimum Gasteiger partial charge on any atom is -0.469 e. The maximum absolute atomic E-state index is 11.7. The van der Waals surface area contributed by atoms with E-state index in [0.717, 1.165) is 0 Å². The third-order valence-corrected chi connectivity index (χ3v) is 2.02. The molecule has 0 saturated carbocycles. The number of hydrogen-bond donors (Lipinski definition) is 1. The first-order valence-corrected chi connectivity index (χ1v) is 4.53. The normalized spacial score (nSPS) is 9.31. The molecule has 0 saturated heterocycles. The summed E-state index contributed by atoms with van der Waals surface area (Å²) in [6.45, 7) is 1.75. The van der Waals surface area contributed by atoms with Crippen LogP contribution in [-0.4, -0.2) is 10.9 Å². The first-order valence-electron chi connectivity index (χ1n) is 4.53. The average molecular weight is 239 g/mol. The highest BCUT2D eigenvalue weighted by Crippen LogP contribution is 2.11. The zero-order valence-electron chi connectivity index (χ0n) is 8.64. The molecular formula is C11H11ClN2O2. The van der Waals surface area contributed by atoms with Crippen molar-refractivity contribution < 1.29 is 9.21 Å². The number of nitrogens with zero attached hydrogens (tertiary/aromatic N) is 1. The summed E-state index contributed by atoms with van der Waals surface area (Å²) in [5.41, 5.74) is 1.21. The van der Waals surface area contributed by atoms with E-state index in [1.807, 2.05) is 0 Å². The molecule has 5 heteroatoms. The zero-order valence-corrected chi connectivity index (χ0v) is 9.45. The summed E-state index contributed by atoms with van der Waals surface area (Å²) in [5.74, 6) is 0.422. The molecule has 1 amide bonds. The van der Waals surface area contributed by atoms with Crippen molar-refractivity contribution >= 4 is 24.0 Å². The lowest BCUT2D eigenvalue weighted by Crippen LogP contribution is -2.12. The predicted molar refractivity (Wildman–Crippen MR) is 62.9 cm³/mol. The SMILES string of the molecule is Cc1occc1C(=O)Nc1cccnc1.Cl. The van der Waals surface area contributed by atoms with Gasteiger partial charge in [-0.1, -0.05) is 0 Å². The Kier molecular flexibility index (Phi) is 4.08. The summed E-state index contributed by atoms with van der Waals surface area (Å²) in [5, 5.41) is 2.72. The molecule has 0 fully saturated rings. The fourth-order valence-corrected chi connectivity index (χ4v) is 1.26. The number of nitrogens with one attached hydrogen (secondary N) is 1. The number of anilines is 1. The van der Waals surface area contributed by atoms with Crippen LogP contribution in [-0.2, 0) is 0 Å². The number of amides is 1. The molecule has 0 bridgehead atoms. The molecule has 2 aromatic heterocycles. The standard InChI is InChI=1S/C11H10N2O2.ClH/c1-8-10(4-6-15-8)11(14)13-9-3-2-5-12-7-9;/h2-7H,1H3,(H,13,14);1H. The molecule has 0 aliphatic heterocycles. The first kappa shape index (κ1) is 12.3. The van der Waals surface area contributed by atoms with Crippen LogP contribution in [0, 0.1) is 6.92 Å². The summed E-state index contributed by atoms with van der Waals surface area (Å²) in [4.78, 5) is 15.6. The van der Waals surface area contributed by atoms with Crippen molar-refractivity contribution in [3.8, 4) is 0 Å². The van der Waals surface area contributed by atoms with Crippen LogP contribution in [0.15, 0.2) is 41.3 Å². The Morgan fingerprint density at radius 1 is 1.44 bits per heavy atom. The maximum atomic E-state index is 11.7. The second-order valence-corrected chi connectivity index (χ2v) is 3.09. The highest BCUT2D eigenvalue weighted by Gasteiger charge is 2.10. The maximum Gasteiger partial charge on any atom is 0.259 e. The van der Waals surface area contributed by atoms with E-state index in [1.54, 1.807) is 37.5 Å². The molecule has 0 aliphatic carbocycles. The fourth-order valence-electron chi connectivity index (χ4n) is 1.26. The van der Waals surface area contributed by atoms with Crippen molar-refractivity contribution in [3.05, 3.63) is 48.2 Å². The monoisotopic (exact) mass is 238 g/mol. The van der Waals surface area contributed by atoms with Crippen LogP contribution >= 0.6 is 12.4 Å². The number of furan rings is 1. The molecule has 0 spiro atoms. The molecule has 2 heterocycles. The quantitative estimate of drug-likeness (QED) is 0.875. The summed E-state index contributed by atoms with van der Waals surface area (Å²) in [6.07, 6.45) is 4.74. The van der Waals surface area contributed by atoms with Gasteiger partial charge in [-0.05, 0) is 25.1 Å². The van der Waals surface area contributed by atoms with E-state index in [0.29, 0.717) is 17.0 Å². The van der Waals surface area contributed by atoms with E-state index in [2.05, 4.69) is 10.3 Å². The summed E-state index contributed by atoms with van der Waals surface area (Å²) in [7, 11) is 0. The fraction of sp³-hybridized carbons (Fsp3) is 0.0909. The number of rotatable bonds is 2. The van der Waals surface area contributed by atoms with Crippen LogP contribution in [0.3, 0.4) is 0 Å². The average Bonchev–Trinajstić information content (AvgIpc) is 2.66. The van der Waals surface area contributed by atoms with Crippen molar-refractivity contribution in [2.45, 2.75) is 6.92 Å². The third kappa shape index (κ3) is 2.61. The van der Waals surface area contributed by atoms with Crippen LogP contribution in [0.2, 0.25) is 0 Å². The molecule has 4 nitrogen and oxygen atoms in total. The topological polar surface area (TPSA) is 55.1 Å². The molecule has 0 aromatic carbocycles. The number of carbonyl (C=O) groups excluding carboxylic acids is 1. The Morgan fingerprint density at radius 3 is 2.81 bits per heavy atom. The van der Waals surface area contributed by atoms with Crippen LogP contribution < -0.4 is 5.32 Å². The molecule has 84 valence electrons. The zero-order chi connectivity index (χ0) is 10.7. The van der Waals surface area contributed by atoms with E-state index in [-0.39, 0.29) is 18.3 Å².